The van der Waals surface area contributed by atoms with Gasteiger partial charge in [0.2, 0.25) is 0 Å². The molecule has 296 valence electrons. The van der Waals surface area contributed by atoms with Gasteiger partial charge in [0.15, 0.2) is 22.2 Å². The smallest absolute Gasteiger partial charge is 0.296 e. The third-order valence-corrected chi connectivity index (χ3v) is 11.9. The van der Waals surface area contributed by atoms with Crippen molar-refractivity contribution in [2.24, 2.45) is 20.5 Å². The van der Waals surface area contributed by atoms with Crippen molar-refractivity contribution in [2.45, 2.75) is 33.4 Å². The number of nitrogens with two attached hydrogens (primary N) is 2. The van der Waals surface area contributed by atoms with Crippen molar-refractivity contribution in [1.82, 2.24) is 0 Å². The summed E-state index contributed by atoms with van der Waals surface area (Å²) in [4.78, 5) is -2.71. The first kappa shape index (κ1) is 40.6. The van der Waals surface area contributed by atoms with Crippen LogP contribution >= 0.6 is 0 Å². The van der Waals surface area contributed by atoms with Crippen molar-refractivity contribution in [3.05, 3.63) is 83.9 Å². The van der Waals surface area contributed by atoms with Crippen molar-refractivity contribution in [3.63, 3.8) is 0 Å². The van der Waals surface area contributed by atoms with Crippen LogP contribution in [-0.4, -0.2) is 57.5 Å². The topological polar surface area (TPSA) is 339 Å². The van der Waals surface area contributed by atoms with Crippen LogP contribution in [0.5, 0.6) is 11.5 Å². The molecule has 0 fully saturated rings. The number of fused-ring (bicyclic) bond motifs is 2. The molecule has 0 saturated carbocycles. The molecule has 6 aromatic rings. The molecule has 0 aliphatic rings. The number of phenols is 2. The van der Waals surface area contributed by atoms with Gasteiger partial charge in [0.25, 0.3) is 30.4 Å². The largest absolute Gasteiger partial charge is 0.505 e. The highest BCUT2D eigenvalue weighted by Crippen LogP contribution is 2.46. The fraction of sp³-hybridized carbons (Fsp3) is 0.0588. The first-order chi connectivity index (χ1) is 26.4. The molecule has 57 heavy (non-hydrogen) atoms. The molecular weight excluding hydrogens is 829 g/mol. The van der Waals surface area contributed by atoms with Gasteiger partial charge in [-0.1, -0.05) is 12.1 Å². The van der Waals surface area contributed by atoms with Gasteiger partial charge in [-0.2, -0.15) is 35.5 Å². The normalized spacial score (nSPS) is 12.8. The van der Waals surface area contributed by atoms with E-state index in [0.29, 0.717) is 22.3 Å². The molecule has 0 aliphatic heterocycles. The van der Waals surface area contributed by atoms with Crippen LogP contribution in [0.4, 0.5) is 34.1 Å². The van der Waals surface area contributed by atoms with Crippen LogP contribution in [0.25, 0.3) is 32.7 Å². The van der Waals surface area contributed by atoms with Crippen LogP contribution in [0.3, 0.4) is 0 Å². The number of thiol groups is 1. The third kappa shape index (κ3) is 7.97. The molecule has 0 saturated heterocycles. The molecule has 0 heterocycles. The Bertz CT molecular complexity index is 3210. The average Bonchev–Trinajstić information content (AvgIpc) is 3.09. The summed E-state index contributed by atoms with van der Waals surface area (Å²) in [5.74, 6) is -1.60. The van der Waals surface area contributed by atoms with Crippen molar-refractivity contribution < 1.29 is 57.5 Å². The van der Waals surface area contributed by atoms with Crippen molar-refractivity contribution in [2.75, 3.05) is 11.5 Å². The number of hydrogen-bond acceptors (Lipinski definition) is 16. The van der Waals surface area contributed by atoms with Gasteiger partial charge in [0.05, 0.1) is 21.2 Å². The molecule has 0 bridgehead atoms. The van der Waals surface area contributed by atoms with E-state index < -0.39 is 78.6 Å². The number of nitrogen functional groups attached to an aromatic ring is 2. The zero-order valence-corrected chi connectivity index (χ0v) is 32.4. The molecule has 19 nitrogen and oxygen atoms in total. The monoisotopic (exact) mass is 856 g/mol. The second-order valence-electron chi connectivity index (χ2n) is 12.5. The third-order valence-electron chi connectivity index (χ3n) is 8.63. The molecule has 6 aromatic carbocycles. The van der Waals surface area contributed by atoms with E-state index in [-0.39, 0.29) is 49.2 Å². The summed E-state index contributed by atoms with van der Waals surface area (Å²) in [5.41, 5.74) is 12.8. The predicted molar refractivity (Wildman–Crippen MR) is 208 cm³/mol. The number of aryl methyl sites for hydroxylation is 2. The van der Waals surface area contributed by atoms with Gasteiger partial charge in [-0.15, -0.1) is 10.2 Å². The fourth-order valence-electron chi connectivity index (χ4n) is 5.94. The standard InChI is InChI=1S/C34H28N6O13S4/c1-15-7-17(3-5-25(15)37-39-31-27(56(48,49)50)11-19-9-21(54(43)44)13-23(35)29(19)33(31)41)18-4-6-26(16(2)8-18)38-40-32-28(57(51,52)53)12-20-10-22(55(45,46)47)14-24(36)30(20)34(32)42/h3-14,41-42,54H,35-36H2,1-2H3,(H,45,46,47)(H,48,49,50)(H,51,52,53)/b39-37+,40-38+. The van der Waals surface area contributed by atoms with E-state index in [1.165, 1.54) is 12.1 Å². The summed E-state index contributed by atoms with van der Waals surface area (Å²) < 4.78 is 125. The molecule has 0 aromatic heterocycles. The summed E-state index contributed by atoms with van der Waals surface area (Å²) in [6.07, 6.45) is 0. The molecule has 9 N–H and O–H groups in total. The fourth-order valence-corrected chi connectivity index (χ4v) is 8.29. The van der Waals surface area contributed by atoms with E-state index in [1.807, 2.05) is 0 Å². The second-order valence-corrected chi connectivity index (χ2v) is 17.7. The van der Waals surface area contributed by atoms with Crippen LogP contribution in [0.2, 0.25) is 0 Å². The highest BCUT2D eigenvalue weighted by molar-refractivity contribution is 7.86. The van der Waals surface area contributed by atoms with Crippen LogP contribution in [0.1, 0.15) is 11.1 Å². The first-order valence-electron chi connectivity index (χ1n) is 15.8. The number of aromatic hydroxyl groups is 2. The molecule has 6 rings (SSSR count). The number of phenolic OH excluding ortho intramolecular Hbond substituents is 2. The number of anilines is 2. The molecule has 0 spiro atoms. The lowest BCUT2D eigenvalue weighted by atomic mass is 10.0. The van der Waals surface area contributed by atoms with E-state index in [9.17, 15) is 57.5 Å². The Morgan fingerprint density at radius 2 is 0.965 bits per heavy atom. The lowest BCUT2D eigenvalue weighted by Crippen LogP contribution is -2.02. The summed E-state index contributed by atoms with van der Waals surface area (Å²) in [6.45, 7) is 3.32. The van der Waals surface area contributed by atoms with E-state index in [0.717, 1.165) is 36.4 Å². The van der Waals surface area contributed by atoms with Crippen LogP contribution in [0.15, 0.2) is 113 Å². The second kappa shape index (κ2) is 14.5. The minimum atomic E-state index is -5.07. The average molecular weight is 857 g/mol. The molecular formula is C34H28N6O13S4. The molecule has 0 aliphatic carbocycles. The Labute approximate surface area is 324 Å². The van der Waals surface area contributed by atoms with Gasteiger partial charge < -0.3 is 21.7 Å². The number of azo groups is 2. The summed E-state index contributed by atoms with van der Waals surface area (Å²) in [7, 11) is -18.0. The Hall–Kier alpha value is -6.08. The molecule has 0 atom stereocenters. The minimum Gasteiger partial charge on any atom is -0.505 e. The van der Waals surface area contributed by atoms with Gasteiger partial charge in [-0.05, 0) is 108 Å². The van der Waals surface area contributed by atoms with E-state index >= 15 is 0 Å². The first-order valence-corrected chi connectivity index (χ1v) is 21.3. The van der Waals surface area contributed by atoms with Crippen molar-refractivity contribution in [3.8, 4) is 22.6 Å². The summed E-state index contributed by atoms with van der Waals surface area (Å²) in [6, 6.07) is 15.3. The van der Waals surface area contributed by atoms with Gasteiger partial charge in [0, 0.05) is 22.1 Å². The van der Waals surface area contributed by atoms with Gasteiger partial charge >= 0.3 is 0 Å². The predicted octanol–water partition coefficient (Wildman–Crippen LogP) is 6.39. The van der Waals surface area contributed by atoms with Crippen molar-refractivity contribution in [1.29, 1.82) is 0 Å². The maximum absolute atomic E-state index is 12.3. The van der Waals surface area contributed by atoms with E-state index in [2.05, 4.69) is 20.5 Å². The van der Waals surface area contributed by atoms with Gasteiger partial charge in [0.1, 0.15) is 21.2 Å². The Kier molecular flexibility index (Phi) is 10.3. The van der Waals surface area contributed by atoms with E-state index in [4.69, 9.17) is 11.5 Å². The molecule has 0 amide bonds. The maximum Gasteiger partial charge on any atom is 0.296 e. The molecule has 23 heteroatoms. The van der Waals surface area contributed by atoms with Crippen LogP contribution in [-0.2, 0) is 41.1 Å². The van der Waals surface area contributed by atoms with Gasteiger partial charge in [-0.3, -0.25) is 13.7 Å². The highest BCUT2D eigenvalue weighted by atomic mass is 32.2. The van der Waals surface area contributed by atoms with Crippen molar-refractivity contribution >= 4 is 96.7 Å². The maximum atomic E-state index is 12.3. The molecule has 0 unspecified atom stereocenters. The van der Waals surface area contributed by atoms with Crippen LogP contribution < -0.4 is 11.5 Å². The lowest BCUT2D eigenvalue weighted by Gasteiger charge is -2.12. The number of hydrogen-bond donors (Lipinski definition) is 8. The minimum absolute atomic E-state index is 0.0874. The zero-order chi connectivity index (χ0) is 41.9. The Morgan fingerprint density at radius 1 is 0.544 bits per heavy atom. The van der Waals surface area contributed by atoms with Crippen LogP contribution in [0, 0.1) is 13.8 Å². The summed E-state index contributed by atoms with van der Waals surface area (Å²) in [5, 5.41) is 37.3. The quantitative estimate of drug-likeness (QED) is 0.0338. The zero-order valence-electron chi connectivity index (χ0n) is 29.0. The number of nitrogens with zero attached hydrogens (tertiary/aromatic N) is 4. The summed E-state index contributed by atoms with van der Waals surface area (Å²) >= 11 is 0. The molecule has 0 radical (unpaired) electrons. The lowest BCUT2D eigenvalue weighted by molar-refractivity contribution is 0.472. The van der Waals surface area contributed by atoms with E-state index in [1.54, 1.807) is 38.1 Å². The Morgan fingerprint density at radius 3 is 1.35 bits per heavy atom. The number of rotatable bonds is 9. The Balaban J connectivity index is 1.34. The van der Waals surface area contributed by atoms with Gasteiger partial charge in [-0.25, -0.2) is 8.42 Å². The SMILES string of the molecule is Cc1cc(-c2ccc(/N=N/c3c(S(=O)(=O)O)cc4cc(S(=O)(=O)O)cc(N)c4c3O)c(C)c2)ccc1/N=N/c1c(S(=O)(=O)O)cc2cc([SH](=O)=O)cc(N)c2c1O. The number of benzene rings is 6. The highest BCUT2D eigenvalue weighted by Gasteiger charge is 2.26.